The maximum absolute atomic E-state index is 15.0. The van der Waals surface area contributed by atoms with Crippen LogP contribution in [0.25, 0.3) is 22.3 Å². The first-order valence-electron chi connectivity index (χ1n) is 14.3. The zero-order valence-corrected chi connectivity index (χ0v) is 24.9. The minimum absolute atomic E-state index is 0.114. The number of rotatable bonds is 9. The molecule has 1 amide bonds. The van der Waals surface area contributed by atoms with Gasteiger partial charge in [-0.3, -0.25) is 14.8 Å². The summed E-state index contributed by atoms with van der Waals surface area (Å²) in [5, 5.41) is 5.80. The molecule has 8 heteroatoms. The van der Waals surface area contributed by atoms with Gasteiger partial charge in [-0.15, -0.1) is 0 Å². The van der Waals surface area contributed by atoms with Gasteiger partial charge in [0.2, 0.25) is 0 Å². The van der Waals surface area contributed by atoms with Gasteiger partial charge >= 0.3 is 0 Å². The van der Waals surface area contributed by atoms with Gasteiger partial charge in [0.25, 0.3) is 5.91 Å². The van der Waals surface area contributed by atoms with Crippen molar-refractivity contribution in [3.05, 3.63) is 89.9 Å². The van der Waals surface area contributed by atoms with Crippen molar-refractivity contribution in [3.63, 3.8) is 0 Å². The van der Waals surface area contributed by atoms with Crippen molar-refractivity contribution in [3.8, 4) is 22.3 Å². The summed E-state index contributed by atoms with van der Waals surface area (Å²) in [5.41, 5.74) is 5.45. The molecular formula is C34H38FN5O2. The summed E-state index contributed by atoms with van der Waals surface area (Å²) < 4.78 is 15.0. The van der Waals surface area contributed by atoms with Crippen LogP contribution in [0.2, 0.25) is 0 Å². The summed E-state index contributed by atoms with van der Waals surface area (Å²) in [4.78, 5) is 35.8. The molecular weight excluding hydrogens is 529 g/mol. The molecule has 218 valence electrons. The Kier molecular flexibility index (Phi) is 9.78. The number of amides is 1. The smallest absolute Gasteiger partial charge is 0.255 e. The Morgan fingerprint density at radius 1 is 1.02 bits per heavy atom. The highest BCUT2D eigenvalue weighted by Gasteiger charge is 2.23. The van der Waals surface area contributed by atoms with Gasteiger partial charge < -0.3 is 15.4 Å². The summed E-state index contributed by atoms with van der Waals surface area (Å²) in [6.45, 7) is 8.19. The SMILES string of the molecule is CCCC(C)(C)c1cc(C(=O)Nc2cc(-c3cncc(-c4ccnc(NC)c4)c3)c(C)cc2F)ccn1.O=CC1CC1. The van der Waals surface area contributed by atoms with Gasteiger partial charge in [-0.2, -0.15) is 0 Å². The van der Waals surface area contributed by atoms with Gasteiger partial charge in [-0.25, -0.2) is 9.37 Å². The highest BCUT2D eigenvalue weighted by atomic mass is 19.1. The van der Waals surface area contributed by atoms with E-state index in [1.165, 1.54) is 6.07 Å². The minimum atomic E-state index is -0.493. The summed E-state index contributed by atoms with van der Waals surface area (Å²) in [6, 6.07) is 12.4. The largest absolute Gasteiger partial charge is 0.373 e. The van der Waals surface area contributed by atoms with Crippen LogP contribution in [-0.2, 0) is 10.2 Å². The zero-order chi connectivity index (χ0) is 30.3. The number of aldehydes is 1. The number of aryl methyl sites for hydroxylation is 1. The van der Waals surface area contributed by atoms with Crippen LogP contribution in [0.4, 0.5) is 15.9 Å². The monoisotopic (exact) mass is 567 g/mol. The summed E-state index contributed by atoms with van der Waals surface area (Å²) in [7, 11) is 1.82. The third kappa shape index (κ3) is 7.63. The molecule has 0 atom stereocenters. The van der Waals surface area contributed by atoms with E-state index in [1.54, 1.807) is 43.0 Å². The summed E-state index contributed by atoms with van der Waals surface area (Å²) >= 11 is 0. The van der Waals surface area contributed by atoms with E-state index in [1.807, 2.05) is 32.2 Å². The van der Waals surface area contributed by atoms with Crippen LogP contribution in [0.15, 0.2) is 67.3 Å². The van der Waals surface area contributed by atoms with Crippen LogP contribution in [0.5, 0.6) is 0 Å². The van der Waals surface area contributed by atoms with Gasteiger partial charge in [0.15, 0.2) is 0 Å². The van der Waals surface area contributed by atoms with Crippen LogP contribution < -0.4 is 10.6 Å². The molecule has 5 rings (SSSR count). The Hall–Kier alpha value is -4.46. The first-order valence-corrected chi connectivity index (χ1v) is 14.3. The Morgan fingerprint density at radius 3 is 2.43 bits per heavy atom. The standard InChI is InChI=1S/C30H32FN5O.C4H6O/c1-6-9-30(3,4)27-14-21(8-10-34-27)29(37)36-26-16-24(19(2)12-25(26)31)23-13-22(17-33-18-23)20-7-11-35-28(15-20)32-5;5-3-4-1-2-4/h7-8,10-18H,6,9H2,1-5H3,(H,32,35)(H,36,37);3-4H,1-2H2. The number of carbonyl (C=O) groups excluding carboxylic acids is 2. The quantitative estimate of drug-likeness (QED) is 0.202. The maximum Gasteiger partial charge on any atom is 0.255 e. The fraction of sp³-hybridized carbons (Fsp3) is 0.324. The number of nitrogens with one attached hydrogen (secondary N) is 2. The Balaban J connectivity index is 0.000000732. The van der Waals surface area contributed by atoms with Crippen LogP contribution in [-0.4, -0.2) is 34.2 Å². The van der Waals surface area contributed by atoms with Gasteiger partial charge in [0.1, 0.15) is 17.9 Å². The Bertz CT molecular complexity index is 1570. The van der Waals surface area contributed by atoms with Gasteiger partial charge in [-0.05, 0) is 85.3 Å². The number of pyridine rings is 3. The third-order valence-corrected chi connectivity index (χ3v) is 7.37. The molecule has 7 nitrogen and oxygen atoms in total. The van der Waals surface area contributed by atoms with E-state index in [9.17, 15) is 14.0 Å². The number of benzene rings is 1. The van der Waals surface area contributed by atoms with Crippen molar-refractivity contribution >= 4 is 23.7 Å². The number of halogens is 1. The van der Waals surface area contributed by atoms with E-state index >= 15 is 0 Å². The predicted octanol–water partition coefficient (Wildman–Crippen LogP) is 7.62. The molecule has 0 spiro atoms. The lowest BCUT2D eigenvalue weighted by atomic mass is 9.83. The van der Waals surface area contributed by atoms with Crippen molar-refractivity contribution in [2.24, 2.45) is 5.92 Å². The van der Waals surface area contributed by atoms with E-state index in [0.717, 1.165) is 71.3 Å². The Labute approximate surface area is 247 Å². The van der Waals surface area contributed by atoms with Crippen LogP contribution in [0.3, 0.4) is 0 Å². The maximum atomic E-state index is 15.0. The van der Waals surface area contributed by atoms with Crippen molar-refractivity contribution in [1.29, 1.82) is 0 Å². The molecule has 1 aromatic carbocycles. The second kappa shape index (κ2) is 13.5. The first kappa shape index (κ1) is 30.5. The first-order chi connectivity index (χ1) is 20.1. The molecule has 3 aromatic heterocycles. The highest BCUT2D eigenvalue weighted by molar-refractivity contribution is 6.04. The molecule has 1 aliphatic rings. The highest BCUT2D eigenvalue weighted by Crippen LogP contribution is 2.32. The molecule has 0 unspecified atom stereocenters. The second-order valence-corrected chi connectivity index (χ2v) is 11.3. The van der Waals surface area contributed by atoms with Gasteiger partial charge in [0.05, 0.1) is 5.69 Å². The molecule has 3 heterocycles. The Morgan fingerprint density at radius 2 is 1.76 bits per heavy atom. The fourth-order valence-electron chi connectivity index (χ4n) is 4.69. The fourth-order valence-corrected chi connectivity index (χ4v) is 4.69. The third-order valence-electron chi connectivity index (χ3n) is 7.37. The van der Waals surface area contributed by atoms with E-state index in [2.05, 4.69) is 46.4 Å². The molecule has 0 aliphatic heterocycles. The lowest BCUT2D eigenvalue weighted by molar-refractivity contribution is -0.108. The molecule has 0 bridgehead atoms. The number of nitrogens with zero attached hydrogens (tertiary/aromatic N) is 3. The average molecular weight is 568 g/mol. The topological polar surface area (TPSA) is 96.9 Å². The lowest BCUT2D eigenvalue weighted by Gasteiger charge is -2.23. The van der Waals surface area contributed by atoms with Crippen LogP contribution in [0.1, 0.15) is 68.1 Å². The molecule has 1 saturated carbocycles. The molecule has 0 radical (unpaired) electrons. The van der Waals surface area contributed by atoms with E-state index in [0.29, 0.717) is 11.5 Å². The number of aromatic nitrogens is 3. The van der Waals surface area contributed by atoms with Gasteiger partial charge in [-0.1, -0.05) is 27.2 Å². The zero-order valence-electron chi connectivity index (χ0n) is 24.9. The van der Waals surface area contributed by atoms with Crippen LogP contribution >= 0.6 is 0 Å². The number of anilines is 2. The molecule has 1 aliphatic carbocycles. The number of hydrogen-bond donors (Lipinski definition) is 2. The summed E-state index contributed by atoms with van der Waals surface area (Å²) in [6.07, 6.45) is 12.2. The van der Waals surface area contributed by atoms with E-state index in [-0.39, 0.29) is 17.0 Å². The second-order valence-electron chi connectivity index (χ2n) is 11.3. The molecule has 1 fully saturated rings. The van der Waals surface area contributed by atoms with Crippen molar-refractivity contribution in [2.45, 2.75) is 58.8 Å². The van der Waals surface area contributed by atoms with E-state index in [4.69, 9.17) is 0 Å². The minimum Gasteiger partial charge on any atom is -0.373 e. The molecule has 2 N–H and O–H groups in total. The predicted molar refractivity (Wildman–Crippen MR) is 166 cm³/mol. The summed E-state index contributed by atoms with van der Waals surface area (Å²) in [5.74, 6) is 0.332. The molecule has 4 aromatic rings. The average Bonchev–Trinajstić information content (AvgIpc) is 3.84. The van der Waals surface area contributed by atoms with Crippen molar-refractivity contribution in [1.82, 2.24) is 15.0 Å². The van der Waals surface area contributed by atoms with Gasteiger partial charge in [0, 0.05) is 65.6 Å². The van der Waals surface area contributed by atoms with E-state index < -0.39 is 5.82 Å². The molecule has 42 heavy (non-hydrogen) atoms. The van der Waals surface area contributed by atoms with Crippen molar-refractivity contribution in [2.75, 3.05) is 17.7 Å². The van der Waals surface area contributed by atoms with Crippen LogP contribution in [0, 0.1) is 18.7 Å². The number of carbonyl (C=O) groups is 2. The normalized spacial score (nSPS) is 12.6. The lowest BCUT2D eigenvalue weighted by Crippen LogP contribution is -2.20. The van der Waals surface area contributed by atoms with Crippen molar-refractivity contribution < 1.29 is 14.0 Å². The molecule has 0 saturated heterocycles. The number of hydrogen-bond acceptors (Lipinski definition) is 6.